The van der Waals surface area contributed by atoms with Gasteiger partial charge in [-0.2, -0.15) is 0 Å². The predicted octanol–water partition coefficient (Wildman–Crippen LogP) is 9.23. The average Bonchev–Trinajstić information content (AvgIpc) is 3.56. The van der Waals surface area contributed by atoms with Crippen LogP contribution in [0.15, 0.2) is 23.3 Å². The van der Waals surface area contributed by atoms with E-state index in [2.05, 4.69) is 50.1 Å². The van der Waals surface area contributed by atoms with Gasteiger partial charge < -0.3 is 19.7 Å². The normalized spacial score (nSPS) is 41.0. The van der Waals surface area contributed by atoms with Crippen molar-refractivity contribution in [1.29, 1.82) is 0 Å². The first-order chi connectivity index (χ1) is 24.9. The molecule has 5 fully saturated rings. The highest BCUT2D eigenvalue weighted by Gasteiger charge is 2.65. The smallest absolute Gasteiger partial charge is 0.323 e. The van der Waals surface area contributed by atoms with Gasteiger partial charge in [-0.15, -0.1) is 0 Å². The lowest BCUT2D eigenvalue weighted by Gasteiger charge is -2.68. The van der Waals surface area contributed by atoms with Crippen molar-refractivity contribution in [3.05, 3.63) is 23.3 Å². The van der Waals surface area contributed by atoms with Gasteiger partial charge in [0, 0.05) is 18.6 Å². The van der Waals surface area contributed by atoms with Crippen LogP contribution < -0.4 is 5.32 Å². The lowest BCUT2D eigenvalue weighted by atomic mass is 9.37. The Balaban J connectivity index is 0.998. The molecule has 8 unspecified atom stereocenters. The third-order valence-electron chi connectivity index (χ3n) is 17.1. The number of carbonyl (C=O) groups excluding carboxylic acids is 2. The highest BCUT2D eigenvalue weighted by Crippen LogP contribution is 2.72. The first-order valence-corrected chi connectivity index (χ1v) is 21.7. The number of allylic oxidation sites excluding steroid dienone is 4. The van der Waals surface area contributed by atoms with Crippen molar-refractivity contribution in [2.24, 2.45) is 57.2 Å². The molecule has 1 aliphatic heterocycles. The van der Waals surface area contributed by atoms with E-state index in [9.17, 15) is 14.0 Å². The minimum atomic E-state index is -1.16. The number of carbonyl (C=O) groups is 2. The van der Waals surface area contributed by atoms with E-state index < -0.39 is 17.4 Å². The molecule has 52 heavy (non-hydrogen) atoms. The Labute approximate surface area is 314 Å². The Morgan fingerprint density at radius 1 is 0.827 bits per heavy atom. The summed E-state index contributed by atoms with van der Waals surface area (Å²) in [6.45, 7) is 17.8. The number of rotatable bonds is 10. The van der Waals surface area contributed by atoms with E-state index in [0.717, 1.165) is 56.0 Å². The van der Waals surface area contributed by atoms with Gasteiger partial charge in [0.2, 0.25) is 0 Å². The highest BCUT2D eigenvalue weighted by atomic mass is 19.1. The van der Waals surface area contributed by atoms with Crippen LogP contribution in [0, 0.1) is 57.2 Å². The van der Waals surface area contributed by atoms with Crippen LogP contribution in [-0.4, -0.2) is 68.4 Å². The van der Waals surface area contributed by atoms with E-state index >= 15 is 0 Å². The van der Waals surface area contributed by atoms with Crippen LogP contribution in [-0.2, 0) is 19.1 Å². The van der Waals surface area contributed by atoms with Crippen LogP contribution in [0.2, 0.25) is 0 Å². The van der Waals surface area contributed by atoms with Gasteiger partial charge in [0.15, 0.2) is 5.41 Å². The molecule has 0 aromatic rings. The molecule has 9 atom stereocenters. The van der Waals surface area contributed by atoms with Gasteiger partial charge >= 0.3 is 11.9 Å². The van der Waals surface area contributed by atoms with E-state index in [4.69, 9.17) is 9.47 Å². The van der Waals surface area contributed by atoms with Crippen LogP contribution >= 0.6 is 0 Å². The fourth-order valence-corrected chi connectivity index (χ4v) is 14.6. The molecule has 0 radical (unpaired) electrons. The average molecular weight is 723 g/mol. The second-order valence-corrected chi connectivity index (χ2v) is 19.6. The molecule has 7 heteroatoms. The number of nitrogens with zero attached hydrogens (tertiary/aromatic N) is 1. The SMILES string of the molecule is CCOC(=O)C1(C(=O)OCC)CCN(CCNC23CCCC2[C@H]2CCC4C(C)(CCC5C(C)(C)C(C6=CCC(CF)CC6)=CCC54C)C2CC3)CC1. The number of piperidine rings is 1. The molecule has 0 spiro atoms. The minimum Gasteiger partial charge on any atom is -0.465 e. The Hall–Kier alpha value is -1.73. The molecule has 0 bridgehead atoms. The van der Waals surface area contributed by atoms with E-state index in [-0.39, 0.29) is 36.8 Å². The zero-order chi connectivity index (χ0) is 36.9. The molecule has 6 aliphatic carbocycles. The predicted molar refractivity (Wildman–Crippen MR) is 205 cm³/mol. The molecule has 1 saturated heterocycles. The number of hydrogen-bond acceptors (Lipinski definition) is 6. The minimum absolute atomic E-state index is 0.171. The van der Waals surface area contributed by atoms with Gasteiger partial charge in [-0.05, 0) is 180 Å². The number of fused-ring (bicyclic) bond motifs is 7. The van der Waals surface area contributed by atoms with Gasteiger partial charge in [0.05, 0.1) is 19.9 Å². The van der Waals surface area contributed by atoms with E-state index in [1.165, 1.54) is 69.8 Å². The third kappa shape index (κ3) is 6.26. The summed E-state index contributed by atoms with van der Waals surface area (Å²) < 4.78 is 24.2. The zero-order valence-electron chi connectivity index (χ0n) is 33.6. The zero-order valence-corrected chi connectivity index (χ0v) is 33.6. The monoisotopic (exact) mass is 723 g/mol. The Morgan fingerprint density at radius 3 is 2.21 bits per heavy atom. The Kier molecular flexibility index (Phi) is 10.9. The van der Waals surface area contributed by atoms with E-state index in [1.807, 2.05) is 0 Å². The lowest BCUT2D eigenvalue weighted by molar-refractivity contribution is -0.176. The summed E-state index contributed by atoms with van der Waals surface area (Å²) in [4.78, 5) is 28.3. The molecule has 292 valence electrons. The van der Waals surface area contributed by atoms with Crippen molar-refractivity contribution in [3.63, 3.8) is 0 Å². The van der Waals surface area contributed by atoms with Gasteiger partial charge in [-0.3, -0.25) is 14.0 Å². The Morgan fingerprint density at radius 2 is 1.56 bits per heavy atom. The van der Waals surface area contributed by atoms with E-state index in [0.29, 0.717) is 42.7 Å². The van der Waals surface area contributed by atoms with Crippen molar-refractivity contribution < 1.29 is 23.5 Å². The first-order valence-electron chi connectivity index (χ1n) is 21.7. The second-order valence-electron chi connectivity index (χ2n) is 19.6. The number of likely N-dealkylation sites (tertiary alicyclic amines) is 1. The molecule has 6 nitrogen and oxygen atoms in total. The highest BCUT2D eigenvalue weighted by molar-refractivity contribution is 6.00. The summed E-state index contributed by atoms with van der Waals surface area (Å²) in [5.41, 5.74) is 3.18. The van der Waals surface area contributed by atoms with Crippen molar-refractivity contribution in [2.45, 2.75) is 143 Å². The maximum absolute atomic E-state index is 13.4. The number of hydrogen-bond donors (Lipinski definition) is 1. The van der Waals surface area contributed by atoms with Crippen LogP contribution in [0.5, 0.6) is 0 Å². The fraction of sp³-hybridized carbons (Fsp3) is 0.867. The Bertz CT molecular complexity index is 1380. The third-order valence-corrected chi connectivity index (χ3v) is 17.1. The summed E-state index contributed by atoms with van der Waals surface area (Å²) >= 11 is 0. The molecule has 7 aliphatic rings. The summed E-state index contributed by atoms with van der Waals surface area (Å²) in [5.74, 6) is 3.32. The number of esters is 2. The maximum Gasteiger partial charge on any atom is 0.323 e. The largest absolute Gasteiger partial charge is 0.465 e. The van der Waals surface area contributed by atoms with Crippen LogP contribution in [0.1, 0.15) is 138 Å². The number of halogens is 1. The van der Waals surface area contributed by atoms with Gasteiger partial charge in [-0.1, -0.05) is 46.3 Å². The molecule has 0 aromatic heterocycles. The van der Waals surface area contributed by atoms with E-state index in [1.54, 1.807) is 19.4 Å². The van der Waals surface area contributed by atoms with Crippen molar-refractivity contribution in [3.8, 4) is 0 Å². The van der Waals surface area contributed by atoms with Gasteiger partial charge in [0.1, 0.15) is 0 Å². The molecular formula is C45H71FN2O4. The lowest BCUT2D eigenvalue weighted by Crippen LogP contribution is -2.64. The number of ether oxygens (including phenoxy) is 2. The standard InChI is InChI=1S/C45H71FN2O4/c1-7-51-39(49)44(40(50)52-8-2)24-27-48(28-25-44)29-26-47-45-20-9-10-36(45)33-15-16-38-42(5,35(33)18-23-45)22-19-37-41(3,4)34(17-21-43(37,38)6)32-13-11-31(30-46)12-14-32/h13,17,31,33,35-38,47H,7-12,14-16,18-30H2,1-6H3/t31?,33-,35?,36?,37?,38?,42?,43?,45?/m0/s1. The van der Waals surface area contributed by atoms with Crippen LogP contribution in [0.3, 0.4) is 0 Å². The molecule has 7 rings (SSSR count). The van der Waals surface area contributed by atoms with Crippen LogP contribution in [0.25, 0.3) is 0 Å². The van der Waals surface area contributed by atoms with Gasteiger partial charge in [0.25, 0.3) is 0 Å². The van der Waals surface area contributed by atoms with Crippen molar-refractivity contribution in [1.82, 2.24) is 10.2 Å². The van der Waals surface area contributed by atoms with Gasteiger partial charge in [-0.25, -0.2) is 0 Å². The summed E-state index contributed by atoms with van der Waals surface area (Å²) in [5, 5.41) is 4.22. The van der Waals surface area contributed by atoms with Crippen molar-refractivity contribution in [2.75, 3.05) is 46.1 Å². The molecule has 0 amide bonds. The molecule has 4 saturated carbocycles. The quantitative estimate of drug-likeness (QED) is 0.179. The van der Waals surface area contributed by atoms with Crippen molar-refractivity contribution >= 4 is 11.9 Å². The second kappa shape index (κ2) is 14.7. The molecule has 0 aromatic carbocycles. The topological polar surface area (TPSA) is 67.9 Å². The van der Waals surface area contributed by atoms with Crippen LogP contribution in [0.4, 0.5) is 4.39 Å². The maximum atomic E-state index is 13.4. The molecule has 1 N–H and O–H groups in total. The fourth-order valence-electron chi connectivity index (χ4n) is 14.6. The summed E-state index contributed by atoms with van der Waals surface area (Å²) in [6.07, 6.45) is 22.4. The number of nitrogens with one attached hydrogen (secondary N) is 1. The molecular weight excluding hydrogens is 652 g/mol. The molecule has 1 heterocycles. The summed E-state index contributed by atoms with van der Waals surface area (Å²) in [7, 11) is 0. The summed E-state index contributed by atoms with van der Waals surface area (Å²) in [6, 6.07) is 0. The first kappa shape index (κ1) is 38.5. The number of alkyl halides is 1.